The quantitative estimate of drug-likeness (QED) is 0.502. The molecule has 0 amide bonds. The monoisotopic (exact) mass is 329 g/mol. The molecule has 0 aliphatic heterocycles. The van der Waals surface area contributed by atoms with Crippen LogP contribution in [0.5, 0.6) is 5.75 Å². The number of phenols is 1. The zero-order chi connectivity index (χ0) is 16.6. The largest absolute Gasteiger partial charge is 0.506 e. The molecule has 0 unspecified atom stereocenters. The maximum Gasteiger partial charge on any atom is 0.294 e. The van der Waals surface area contributed by atoms with Crippen LogP contribution in [0.3, 0.4) is 0 Å². The Morgan fingerprint density at radius 2 is 1.65 bits per heavy atom. The molecule has 3 rings (SSSR count). The highest BCUT2D eigenvalue weighted by Crippen LogP contribution is 2.29. The number of aryl methyl sites for hydroxylation is 1. The van der Waals surface area contributed by atoms with E-state index in [2.05, 4.69) is 5.32 Å². The number of rotatable bonds is 3. The van der Waals surface area contributed by atoms with Gasteiger partial charge in [-0.05, 0) is 59.7 Å². The zero-order valence-corrected chi connectivity index (χ0v) is 13.1. The molecule has 0 saturated heterocycles. The van der Waals surface area contributed by atoms with Gasteiger partial charge in [0.15, 0.2) is 0 Å². The van der Waals surface area contributed by atoms with Crippen LogP contribution in [-0.4, -0.2) is 18.1 Å². The Balaban J connectivity index is 2.01. The molecular weight excluding hydrogens is 314 g/mol. The first-order valence-corrected chi connectivity index (χ1v) is 8.35. The Morgan fingerprint density at radius 1 is 0.913 bits per heavy atom. The van der Waals surface area contributed by atoms with Gasteiger partial charge in [0.1, 0.15) is 5.75 Å². The summed E-state index contributed by atoms with van der Waals surface area (Å²) in [4.78, 5) is -0.152. The molecule has 0 aliphatic carbocycles. The van der Waals surface area contributed by atoms with E-state index in [-0.39, 0.29) is 10.6 Å². The minimum atomic E-state index is -4.24. The summed E-state index contributed by atoms with van der Waals surface area (Å²) in [6.45, 7) is 1.89. The third-order valence-corrected chi connectivity index (χ3v) is 4.39. The highest BCUT2D eigenvalue weighted by Gasteiger charge is 2.10. The lowest BCUT2D eigenvalue weighted by Gasteiger charge is -2.10. The van der Waals surface area contributed by atoms with Crippen molar-refractivity contribution >= 4 is 32.3 Å². The molecule has 3 N–H and O–H groups in total. The molecule has 5 nitrogen and oxygen atoms in total. The summed E-state index contributed by atoms with van der Waals surface area (Å²) in [6.07, 6.45) is 0. The molecular formula is C17H15NO4S. The normalized spacial score (nSPS) is 11.6. The predicted octanol–water partition coefficient (Wildman–Crippen LogP) is 3.84. The van der Waals surface area contributed by atoms with Crippen LogP contribution in [0.15, 0.2) is 59.5 Å². The minimum Gasteiger partial charge on any atom is -0.506 e. The second-order valence-electron chi connectivity index (χ2n) is 5.34. The van der Waals surface area contributed by atoms with Gasteiger partial charge in [-0.25, -0.2) is 0 Å². The lowest BCUT2D eigenvalue weighted by atomic mass is 10.1. The van der Waals surface area contributed by atoms with Gasteiger partial charge < -0.3 is 10.4 Å². The molecule has 0 heterocycles. The second kappa shape index (κ2) is 5.57. The fourth-order valence-corrected chi connectivity index (χ4v) is 2.88. The lowest BCUT2D eigenvalue weighted by molar-refractivity contribution is 0.477. The second-order valence-corrected chi connectivity index (χ2v) is 6.77. The number of benzene rings is 3. The van der Waals surface area contributed by atoms with Crippen LogP contribution < -0.4 is 5.32 Å². The van der Waals surface area contributed by atoms with Crippen molar-refractivity contribution in [3.8, 4) is 5.75 Å². The third kappa shape index (κ3) is 3.28. The Kier molecular flexibility index (Phi) is 3.71. The average molecular weight is 329 g/mol. The van der Waals surface area contributed by atoms with Crippen LogP contribution in [0.4, 0.5) is 11.4 Å². The Bertz CT molecular complexity index is 997. The van der Waals surface area contributed by atoms with Crippen molar-refractivity contribution in [2.75, 3.05) is 5.32 Å². The van der Waals surface area contributed by atoms with Gasteiger partial charge in [0.05, 0.1) is 10.6 Å². The number of anilines is 2. The number of phenolic OH excluding ortho intramolecular Hbond substituents is 1. The number of hydrogen-bond acceptors (Lipinski definition) is 4. The fourth-order valence-electron chi connectivity index (χ4n) is 2.37. The van der Waals surface area contributed by atoms with Crippen molar-refractivity contribution < 1.29 is 18.1 Å². The number of hydrogen-bond donors (Lipinski definition) is 3. The van der Waals surface area contributed by atoms with Gasteiger partial charge >= 0.3 is 0 Å². The van der Waals surface area contributed by atoms with E-state index in [1.54, 1.807) is 24.3 Å². The molecule has 3 aromatic rings. The van der Waals surface area contributed by atoms with Gasteiger partial charge in [-0.2, -0.15) is 8.42 Å². The molecule has 0 radical (unpaired) electrons. The highest BCUT2D eigenvalue weighted by molar-refractivity contribution is 7.85. The van der Waals surface area contributed by atoms with Crippen LogP contribution in [0.2, 0.25) is 0 Å². The summed E-state index contributed by atoms with van der Waals surface area (Å²) in [5.41, 5.74) is 2.20. The van der Waals surface area contributed by atoms with Crippen molar-refractivity contribution in [2.24, 2.45) is 0 Å². The van der Waals surface area contributed by atoms with Gasteiger partial charge in [-0.1, -0.05) is 18.2 Å². The maximum absolute atomic E-state index is 11.2. The molecule has 0 aliphatic rings. The van der Waals surface area contributed by atoms with Crippen LogP contribution in [0.1, 0.15) is 5.56 Å². The molecule has 0 aromatic heterocycles. The predicted molar refractivity (Wildman–Crippen MR) is 89.9 cm³/mol. The van der Waals surface area contributed by atoms with Crippen molar-refractivity contribution in [1.29, 1.82) is 0 Å². The molecule has 0 fully saturated rings. The van der Waals surface area contributed by atoms with Gasteiger partial charge in [0.25, 0.3) is 10.1 Å². The number of nitrogens with one attached hydrogen (secondary N) is 1. The summed E-state index contributed by atoms with van der Waals surface area (Å²) in [5, 5.41) is 14.5. The van der Waals surface area contributed by atoms with E-state index in [4.69, 9.17) is 4.55 Å². The van der Waals surface area contributed by atoms with E-state index in [9.17, 15) is 13.5 Å². The van der Waals surface area contributed by atoms with Crippen LogP contribution in [0, 0.1) is 6.92 Å². The van der Waals surface area contributed by atoms with Gasteiger partial charge in [-0.3, -0.25) is 4.55 Å². The molecule has 0 saturated carbocycles. The Hall–Kier alpha value is -2.57. The standard InChI is InChI=1S/C17H15NO4S/c1-11-2-7-16(17(19)8-11)18-14-5-3-12-4-6-15(23(20,21)22)10-13(12)9-14/h2-10,18-19H,1H3,(H,20,21,22). The average Bonchev–Trinajstić information content (AvgIpc) is 2.48. The van der Waals surface area contributed by atoms with Crippen molar-refractivity contribution in [3.05, 3.63) is 60.2 Å². The van der Waals surface area contributed by atoms with Crippen LogP contribution in [0.25, 0.3) is 10.8 Å². The molecule has 23 heavy (non-hydrogen) atoms. The van der Waals surface area contributed by atoms with Gasteiger partial charge in [0.2, 0.25) is 0 Å². The van der Waals surface area contributed by atoms with Crippen molar-refractivity contribution in [2.45, 2.75) is 11.8 Å². The van der Waals surface area contributed by atoms with Crippen molar-refractivity contribution in [1.82, 2.24) is 0 Å². The molecule has 6 heteroatoms. The first-order chi connectivity index (χ1) is 10.8. The van der Waals surface area contributed by atoms with E-state index >= 15 is 0 Å². The van der Waals surface area contributed by atoms with Gasteiger partial charge in [0, 0.05) is 5.69 Å². The van der Waals surface area contributed by atoms with E-state index < -0.39 is 10.1 Å². The molecule has 0 bridgehead atoms. The summed E-state index contributed by atoms with van der Waals surface area (Å²) >= 11 is 0. The third-order valence-electron chi connectivity index (χ3n) is 3.54. The SMILES string of the molecule is Cc1ccc(Nc2ccc3ccc(S(=O)(=O)O)cc3c2)c(O)c1. The highest BCUT2D eigenvalue weighted by atomic mass is 32.2. The Labute approximate surface area is 134 Å². The maximum atomic E-state index is 11.2. The summed E-state index contributed by atoms with van der Waals surface area (Å²) in [5.74, 6) is 0.136. The molecule has 0 spiro atoms. The van der Waals surface area contributed by atoms with E-state index in [0.717, 1.165) is 10.9 Å². The Morgan fingerprint density at radius 3 is 2.35 bits per heavy atom. The van der Waals surface area contributed by atoms with Crippen LogP contribution in [-0.2, 0) is 10.1 Å². The molecule has 0 atom stereocenters. The molecule has 3 aromatic carbocycles. The summed E-state index contributed by atoms with van der Waals surface area (Å²) in [7, 11) is -4.24. The van der Waals surface area contributed by atoms with E-state index in [1.165, 1.54) is 12.1 Å². The molecule has 118 valence electrons. The topological polar surface area (TPSA) is 86.6 Å². The smallest absolute Gasteiger partial charge is 0.294 e. The van der Waals surface area contributed by atoms with Crippen molar-refractivity contribution in [3.63, 3.8) is 0 Å². The first-order valence-electron chi connectivity index (χ1n) is 6.91. The zero-order valence-electron chi connectivity index (χ0n) is 12.3. The van der Waals surface area contributed by atoms with E-state index in [0.29, 0.717) is 16.8 Å². The minimum absolute atomic E-state index is 0.136. The summed E-state index contributed by atoms with van der Waals surface area (Å²) in [6, 6.07) is 15.1. The fraction of sp³-hybridized carbons (Fsp3) is 0.0588. The summed E-state index contributed by atoms with van der Waals surface area (Å²) < 4.78 is 31.6. The van der Waals surface area contributed by atoms with Crippen LogP contribution >= 0.6 is 0 Å². The van der Waals surface area contributed by atoms with Gasteiger partial charge in [-0.15, -0.1) is 0 Å². The van der Waals surface area contributed by atoms with E-state index in [1.807, 2.05) is 25.1 Å². The number of aromatic hydroxyl groups is 1. The number of fused-ring (bicyclic) bond motifs is 1. The first kappa shape index (κ1) is 15.3. The lowest BCUT2D eigenvalue weighted by Crippen LogP contribution is -1.97.